The van der Waals surface area contributed by atoms with Gasteiger partial charge in [0.1, 0.15) is 5.70 Å². The Balaban J connectivity index is 1.24. The maximum atomic E-state index is 12.9. The minimum absolute atomic E-state index is 0.158. The number of carbonyl (C=O) groups excluding carboxylic acids is 1. The Bertz CT molecular complexity index is 1140. The summed E-state index contributed by atoms with van der Waals surface area (Å²) < 4.78 is 0.984. The molecular weight excluding hydrogens is 478 g/mol. The first-order chi connectivity index (χ1) is 15.2. The Labute approximate surface area is 192 Å². The van der Waals surface area contributed by atoms with Crippen LogP contribution >= 0.6 is 27.7 Å². The molecule has 2 aromatic carbocycles. The molecule has 0 aliphatic carbocycles. The van der Waals surface area contributed by atoms with Gasteiger partial charge in [-0.1, -0.05) is 39.8 Å². The van der Waals surface area contributed by atoms with Crippen molar-refractivity contribution in [3.8, 4) is 0 Å². The second-order valence-corrected chi connectivity index (χ2v) is 9.20. The molecule has 1 saturated heterocycles. The lowest BCUT2D eigenvalue weighted by molar-refractivity contribution is -0.113. The van der Waals surface area contributed by atoms with E-state index in [1.807, 2.05) is 41.8 Å². The third-order valence-corrected chi connectivity index (χ3v) is 6.63. The first-order valence-electron chi connectivity index (χ1n) is 10.1. The van der Waals surface area contributed by atoms with E-state index in [0.717, 1.165) is 58.7 Å². The highest BCUT2D eigenvalue weighted by Crippen LogP contribution is 2.30. The monoisotopic (exact) mass is 499 g/mol. The number of benzene rings is 2. The molecule has 0 radical (unpaired) electrons. The summed E-state index contributed by atoms with van der Waals surface area (Å²) >= 11 is 5.00. The van der Waals surface area contributed by atoms with Gasteiger partial charge < -0.3 is 26.2 Å². The van der Waals surface area contributed by atoms with E-state index in [4.69, 9.17) is 0 Å². The molecule has 0 saturated carbocycles. The van der Waals surface area contributed by atoms with Crippen LogP contribution in [0, 0.1) is 0 Å². The Kier molecular flexibility index (Phi) is 5.75. The third kappa shape index (κ3) is 4.36. The number of amides is 1. The number of nitrogens with zero attached hydrogens (tertiary/aromatic N) is 2. The number of H-pyrrole nitrogens is 1. The summed E-state index contributed by atoms with van der Waals surface area (Å²) in [6.07, 6.45) is 0. The average molecular weight is 500 g/mol. The molecule has 5 rings (SSSR count). The van der Waals surface area contributed by atoms with Crippen LogP contribution in [-0.2, 0) is 4.79 Å². The van der Waals surface area contributed by atoms with E-state index in [9.17, 15) is 4.79 Å². The van der Waals surface area contributed by atoms with Crippen LogP contribution in [0.1, 0.15) is 0 Å². The number of thioether (sulfide) groups is 1. The van der Waals surface area contributed by atoms with Gasteiger partial charge in [-0.25, -0.2) is 0 Å². The zero-order chi connectivity index (χ0) is 21.2. The summed E-state index contributed by atoms with van der Waals surface area (Å²) in [5.41, 5.74) is 3.16. The van der Waals surface area contributed by atoms with Crippen molar-refractivity contribution >= 4 is 61.7 Å². The van der Waals surface area contributed by atoms with Gasteiger partial charge in [0.25, 0.3) is 5.91 Å². The van der Waals surface area contributed by atoms with Crippen LogP contribution in [0.5, 0.6) is 0 Å². The first-order valence-corrected chi connectivity index (χ1v) is 11.8. The Morgan fingerprint density at radius 3 is 2.90 bits per heavy atom. The summed E-state index contributed by atoms with van der Waals surface area (Å²) in [7, 11) is 0. The second kappa shape index (κ2) is 8.81. The number of rotatable bonds is 5. The summed E-state index contributed by atoms with van der Waals surface area (Å²) in [5, 5.41) is 23.2. The molecular formula is C21H22BrN7OS. The number of piperazine rings is 1. The van der Waals surface area contributed by atoms with Gasteiger partial charge in [-0.15, -0.1) is 0 Å². The van der Waals surface area contributed by atoms with E-state index in [1.165, 1.54) is 11.8 Å². The summed E-state index contributed by atoms with van der Waals surface area (Å²) in [6, 6.07) is 13.9. The van der Waals surface area contributed by atoms with Crippen molar-refractivity contribution in [1.82, 2.24) is 20.8 Å². The highest BCUT2D eigenvalue weighted by Gasteiger charge is 2.24. The van der Waals surface area contributed by atoms with Crippen molar-refractivity contribution in [2.45, 2.75) is 5.50 Å². The maximum Gasteiger partial charge on any atom is 0.272 e. The summed E-state index contributed by atoms with van der Waals surface area (Å²) in [6.45, 7) is 3.72. The van der Waals surface area contributed by atoms with E-state index in [0.29, 0.717) is 5.70 Å². The van der Waals surface area contributed by atoms with Gasteiger partial charge in [-0.05, 0) is 30.3 Å². The number of nitrogens with one attached hydrogen (secondary N) is 5. The topological polar surface area (TPSA) is 97.1 Å². The summed E-state index contributed by atoms with van der Waals surface area (Å²) in [4.78, 5) is 15.2. The van der Waals surface area contributed by atoms with E-state index >= 15 is 0 Å². The van der Waals surface area contributed by atoms with Gasteiger partial charge in [0.2, 0.25) is 0 Å². The molecule has 2 aliphatic heterocycles. The number of hydrogen-bond acceptors (Lipinski definition) is 7. The Morgan fingerprint density at radius 2 is 2.03 bits per heavy atom. The highest BCUT2D eigenvalue weighted by atomic mass is 79.9. The molecule has 3 heterocycles. The van der Waals surface area contributed by atoms with E-state index in [2.05, 4.69) is 58.4 Å². The maximum absolute atomic E-state index is 12.9. The molecule has 1 amide bonds. The molecule has 3 aromatic rings. The van der Waals surface area contributed by atoms with Gasteiger partial charge in [-0.2, -0.15) is 5.10 Å². The van der Waals surface area contributed by atoms with E-state index in [1.54, 1.807) is 0 Å². The molecule has 1 fully saturated rings. The number of carbonyl (C=O) groups is 1. The van der Waals surface area contributed by atoms with Gasteiger partial charge in [0, 0.05) is 41.4 Å². The van der Waals surface area contributed by atoms with Crippen LogP contribution in [-0.4, -0.2) is 47.8 Å². The molecule has 0 spiro atoms. The minimum Gasteiger partial charge on any atom is -0.367 e. The van der Waals surface area contributed by atoms with Crippen molar-refractivity contribution in [2.75, 3.05) is 41.7 Å². The van der Waals surface area contributed by atoms with Gasteiger partial charge in [-0.3, -0.25) is 9.89 Å². The van der Waals surface area contributed by atoms with Crippen molar-refractivity contribution in [3.05, 3.63) is 58.0 Å². The van der Waals surface area contributed by atoms with Crippen LogP contribution in [0.25, 0.3) is 10.9 Å². The zero-order valence-electron chi connectivity index (χ0n) is 16.6. The second-order valence-electron chi connectivity index (χ2n) is 7.31. The predicted octanol–water partition coefficient (Wildman–Crippen LogP) is 3.25. The normalized spacial score (nSPS) is 18.5. The number of hydrogen-bond donors (Lipinski definition) is 5. The zero-order valence-corrected chi connectivity index (χ0v) is 19.0. The summed E-state index contributed by atoms with van der Waals surface area (Å²) in [5.74, 6) is 0.578. The number of anilines is 3. The standard InChI is InChI=1S/C21H22BrN7OS/c22-13-5-6-15-14(11-13)19(28-27-15)26-21-25-17(12-31-21)20(30)24-16-3-1-2-4-18(16)29-9-7-23-8-10-29/h1-6,11-12,21,23,25H,7-10H2,(H,24,30)(H2,26,27,28). The fraction of sp³-hybridized carbons (Fsp3) is 0.238. The van der Waals surface area contributed by atoms with E-state index in [-0.39, 0.29) is 11.4 Å². The van der Waals surface area contributed by atoms with Crippen molar-refractivity contribution < 1.29 is 4.79 Å². The number of aromatic nitrogens is 2. The lowest BCUT2D eigenvalue weighted by atomic mass is 10.2. The van der Waals surface area contributed by atoms with Crippen molar-refractivity contribution in [2.24, 2.45) is 0 Å². The number of fused-ring (bicyclic) bond motifs is 1. The minimum atomic E-state index is -0.186. The fourth-order valence-corrected chi connectivity index (χ4v) is 4.89. The van der Waals surface area contributed by atoms with Gasteiger partial charge in [0.15, 0.2) is 11.3 Å². The average Bonchev–Trinajstić information content (AvgIpc) is 3.42. The molecule has 160 valence electrons. The number of para-hydroxylation sites is 2. The number of halogens is 1. The van der Waals surface area contributed by atoms with E-state index < -0.39 is 0 Å². The molecule has 8 nitrogen and oxygen atoms in total. The van der Waals surface area contributed by atoms with Crippen molar-refractivity contribution in [3.63, 3.8) is 0 Å². The lowest BCUT2D eigenvalue weighted by Crippen LogP contribution is -2.43. The van der Waals surface area contributed by atoms with Gasteiger partial charge in [0.05, 0.1) is 16.9 Å². The molecule has 5 N–H and O–H groups in total. The molecule has 1 aromatic heterocycles. The quantitative estimate of drug-likeness (QED) is 0.367. The molecule has 1 atom stereocenters. The van der Waals surface area contributed by atoms with Gasteiger partial charge >= 0.3 is 0 Å². The smallest absolute Gasteiger partial charge is 0.272 e. The Hall–Kier alpha value is -2.69. The van der Waals surface area contributed by atoms with Crippen LogP contribution in [0.4, 0.5) is 17.2 Å². The third-order valence-electron chi connectivity index (χ3n) is 5.26. The fourth-order valence-electron chi connectivity index (χ4n) is 3.71. The Morgan fingerprint density at radius 1 is 1.19 bits per heavy atom. The van der Waals surface area contributed by atoms with Crippen LogP contribution in [0.3, 0.4) is 0 Å². The van der Waals surface area contributed by atoms with Crippen LogP contribution in [0.15, 0.2) is 58.0 Å². The predicted molar refractivity (Wildman–Crippen MR) is 130 cm³/mol. The van der Waals surface area contributed by atoms with Crippen LogP contribution < -0.4 is 26.2 Å². The lowest BCUT2D eigenvalue weighted by Gasteiger charge is -2.31. The molecule has 31 heavy (non-hydrogen) atoms. The first kappa shape index (κ1) is 20.2. The highest BCUT2D eigenvalue weighted by molar-refractivity contribution is 9.10. The largest absolute Gasteiger partial charge is 0.367 e. The molecule has 0 bridgehead atoms. The SMILES string of the molecule is O=C(Nc1ccccc1N1CCNCC1)C1=CSC(Nc2n[nH]c3ccc(Br)cc23)N1. The molecule has 10 heteroatoms. The number of aromatic amines is 1. The molecule has 2 aliphatic rings. The van der Waals surface area contributed by atoms with Crippen LogP contribution in [0.2, 0.25) is 0 Å². The molecule has 1 unspecified atom stereocenters. The van der Waals surface area contributed by atoms with Crippen molar-refractivity contribution in [1.29, 1.82) is 0 Å².